The van der Waals surface area contributed by atoms with E-state index in [1.54, 1.807) is 168 Å². The van der Waals surface area contributed by atoms with E-state index in [2.05, 4.69) is 28.6 Å². The van der Waals surface area contributed by atoms with Gasteiger partial charge in [-0.2, -0.15) is 12.6 Å². The molecule has 0 radical (unpaired) electrons. The van der Waals surface area contributed by atoms with Crippen LogP contribution >= 0.6 is 35.8 Å². The summed E-state index contributed by atoms with van der Waals surface area (Å²) in [5.74, 6) is -8.18. The van der Waals surface area contributed by atoms with Crippen LogP contribution in [0, 0.1) is 35.5 Å². The number of nitrogens with two attached hydrogens (primary N) is 1. The normalized spacial score (nSPS) is 16.9. The number of ketones is 6. The summed E-state index contributed by atoms with van der Waals surface area (Å²) in [6, 6.07) is 43.9. The first kappa shape index (κ1) is 111. The van der Waals surface area contributed by atoms with E-state index in [9.17, 15) is 67.7 Å². The number of halogens is 2. The van der Waals surface area contributed by atoms with Crippen LogP contribution in [-0.2, 0) is 65.5 Å². The first-order valence-corrected chi connectivity index (χ1v) is 46.6. The van der Waals surface area contributed by atoms with Crippen molar-refractivity contribution >= 4 is 112 Å². The number of methoxy groups -OCH3 is 2. The number of amides is 7. The molecule has 0 spiro atoms. The minimum Gasteiger partial charge on any atom is -1.00 e. The van der Waals surface area contributed by atoms with Crippen molar-refractivity contribution in [3.63, 3.8) is 0 Å². The minimum absolute atomic E-state index is 0. The van der Waals surface area contributed by atoms with Gasteiger partial charge in [-0.3, -0.25) is 57.5 Å². The third kappa shape index (κ3) is 31.5. The molecule has 30 heteroatoms. The molecule has 8 bridgehead atoms. The summed E-state index contributed by atoms with van der Waals surface area (Å²) < 4.78 is 17.1. The van der Waals surface area contributed by atoms with Gasteiger partial charge < -0.3 is 67.1 Å². The second-order valence-corrected chi connectivity index (χ2v) is 37.5. The molecule has 0 unspecified atom stereocenters. The number of hydrogen-bond acceptors (Lipinski definition) is 20. The number of aromatic hydroxyl groups is 2. The van der Waals surface area contributed by atoms with Crippen molar-refractivity contribution < 1.29 is 118 Å². The predicted molar refractivity (Wildman–Crippen MR) is 525 cm³/mol. The number of fused-ring (bicyclic) bond motifs is 10. The number of unbranched alkanes of at least 4 members (excludes halogenated alkanes) is 2. The Morgan fingerprint density at radius 3 is 1.24 bits per heavy atom. The third-order valence-corrected chi connectivity index (χ3v) is 24.3. The molecule has 8 aromatic rings. The summed E-state index contributed by atoms with van der Waals surface area (Å²) in [7, 11) is 12.5. The van der Waals surface area contributed by atoms with Gasteiger partial charge in [0, 0.05) is 166 Å². The number of rotatable bonds is 31. The molecule has 2 aliphatic heterocycles. The number of nitrogens with zero attached hydrogens (tertiary/aromatic N) is 4. The largest absolute Gasteiger partial charge is 1.00 e. The molecule has 26 nitrogen and oxygen atoms in total. The first-order chi connectivity index (χ1) is 63.5. The average molecular weight is 1920 g/mol. The number of hydrogen-bond donors (Lipinski definition) is 7. The van der Waals surface area contributed by atoms with Crippen molar-refractivity contribution in [1.29, 1.82) is 0 Å². The summed E-state index contributed by atoms with van der Waals surface area (Å²) in [5, 5.41) is 31.9. The standard InChI is InChI=1S/C55H67ClN4O10.C48H55ClN4O8.C2H6S.Na.H/c1-33-27-47(63)50(39-21-25-49(69-10)43(31-39)42-29-35(14-24-48(42)68-9)30-44(58-51(33)64)46(62)28-34(2)52(65)59(6)7)60(8)53(66)40(13-11-12-26-57-54(67)70-55(3,4)5)32-45(61)38-17-15-36(16-18-38)37-19-22-41(56)23-20-37;1-28-22-44(58)45(53(5)48(61)35(8-6-7-21-50)27-42(56)33-12-10-31(11-13-33)32-14-17-36(49)18-15-32)34-16-20-41(55)38(26-34)37-24-30(9-19-40(37)54)25-39(51-46(28)59)43(57)23-29(2)47(60)52(3)4;1-2-3;;/h14-25,29,31,33-34,40,44,50H,11-13,26-28,30,32H2,1-10H3,(H,57,67)(H,58,64);9-20,24,26,28-29,35,39,45,54-55H,6-8,21-23,25,27,50H2,1-5H3,(H,51,59);3H,2H2,1H3;;/q;;;+1;-1/t33-,34-,40-,44+,50+;28-,29-,35-,39+,45+;;;/m11.../s1. The maximum absolute atomic E-state index is 15.1. The van der Waals surface area contributed by atoms with Gasteiger partial charge in [-0.25, -0.2) is 4.79 Å². The van der Waals surface area contributed by atoms with Crippen LogP contribution in [0.25, 0.3) is 44.5 Å². The van der Waals surface area contributed by atoms with Gasteiger partial charge >= 0.3 is 35.7 Å². The Kier molecular flexibility index (Phi) is 43.0. The van der Waals surface area contributed by atoms with Crippen molar-refractivity contribution in [2.45, 2.75) is 175 Å². The molecule has 10 rings (SSSR count). The molecule has 2 heterocycles. The van der Waals surface area contributed by atoms with E-state index in [1.807, 2.05) is 61.5 Å². The molecule has 718 valence electrons. The van der Waals surface area contributed by atoms with Crippen molar-refractivity contribution in [3.05, 3.63) is 213 Å². The van der Waals surface area contributed by atoms with E-state index in [-0.39, 0.29) is 147 Å². The number of phenols is 2. The zero-order valence-corrected chi connectivity index (χ0v) is 84.9. The third-order valence-electron chi connectivity index (χ3n) is 23.8. The number of carbonyl (C=O) groups is 13. The SMILES string of the molecule is CCS.COc1ccc2cc1-c1cc(ccc1OC)[C@H](N(C)C(=O)[C@H](CCCCNC(=O)OC(C)(C)C)CC(=O)c1ccc(-c3ccc(Cl)cc3)cc1)C(=O)C[C@@H](C)C(=O)N[C@H](C(=O)C[C@@H](C)C(=O)N(C)C)C2.C[C@@H]1CC(=O)[C@@H](N(C)C(=O)[C@H](CCCCN)CC(=O)c2ccc(-c3ccc(Cl)cc3)cc2)c2ccc(O)c(c2)-c2cc(ccc2O)C[C@@H](C(=O)C[C@@H](C)C(=O)N(C)C)NC1=O.[H-].[Na+]. The van der Waals surface area contributed by atoms with Crippen molar-refractivity contribution in [2.75, 3.05) is 75.3 Å². The van der Waals surface area contributed by atoms with Gasteiger partial charge in [0.05, 0.1) is 26.3 Å². The fraction of sp³-hybridized carbons (Fsp3) is 0.419. The van der Waals surface area contributed by atoms with E-state index in [1.165, 1.54) is 72.2 Å². The molecular formula is C105H129Cl2N8NaO18S. The number of phenolic OH excluding ortho intramolecular Hbond substituents is 2. The van der Waals surface area contributed by atoms with Crippen LogP contribution in [0.3, 0.4) is 0 Å². The average Bonchev–Trinajstić information content (AvgIpc) is 0.781. The van der Waals surface area contributed by atoms with Crippen LogP contribution in [0.15, 0.2) is 170 Å². The Labute approximate surface area is 831 Å². The number of benzene rings is 8. The molecule has 135 heavy (non-hydrogen) atoms. The first-order valence-electron chi connectivity index (χ1n) is 45.2. The molecule has 8 aromatic carbocycles. The Hall–Kier alpha value is -11.0. The number of likely N-dealkylation sites (N-methyl/N-ethyl adjacent to an activating group) is 2. The molecule has 10 atom stereocenters. The number of Topliss-reactive ketones (excluding diaryl/α,β-unsaturated/α-hetero) is 6. The molecule has 7 amide bonds. The fourth-order valence-corrected chi connectivity index (χ4v) is 16.8. The van der Waals surface area contributed by atoms with Crippen molar-refractivity contribution in [3.8, 4) is 67.5 Å². The van der Waals surface area contributed by atoms with Gasteiger partial charge in [0.1, 0.15) is 40.7 Å². The van der Waals surface area contributed by atoms with Gasteiger partial charge in [-0.1, -0.05) is 168 Å². The minimum atomic E-state index is -1.27. The molecular weight excluding hydrogens is 1790 g/mol. The van der Waals surface area contributed by atoms with E-state index in [0.29, 0.717) is 105 Å². The van der Waals surface area contributed by atoms with E-state index >= 15 is 4.79 Å². The monoisotopic (exact) mass is 1910 g/mol. The Balaban J connectivity index is 0.000000403. The van der Waals surface area contributed by atoms with E-state index in [0.717, 1.165) is 28.0 Å². The summed E-state index contributed by atoms with van der Waals surface area (Å²) in [6.45, 7) is 14.4. The summed E-state index contributed by atoms with van der Waals surface area (Å²) >= 11 is 16.0. The maximum Gasteiger partial charge on any atom is 1.00 e. The predicted octanol–water partition coefficient (Wildman–Crippen LogP) is 14.1. The van der Waals surface area contributed by atoms with Gasteiger partial charge in [-0.15, -0.1) is 0 Å². The molecule has 0 aliphatic carbocycles. The van der Waals surface area contributed by atoms with Crippen LogP contribution in [-0.4, -0.2) is 199 Å². The van der Waals surface area contributed by atoms with Crippen LogP contribution in [0.4, 0.5) is 4.79 Å². The Bertz CT molecular complexity index is 5510. The van der Waals surface area contributed by atoms with Crippen LogP contribution in [0.2, 0.25) is 10.0 Å². The number of alkyl carbamates (subject to hydrolysis) is 1. The maximum atomic E-state index is 15.1. The van der Waals surface area contributed by atoms with Crippen molar-refractivity contribution in [2.24, 2.45) is 41.2 Å². The van der Waals surface area contributed by atoms with Crippen LogP contribution in [0.1, 0.15) is 189 Å². The van der Waals surface area contributed by atoms with Crippen molar-refractivity contribution in [1.82, 2.24) is 35.6 Å². The zero-order chi connectivity index (χ0) is 98.7. The second-order valence-electron chi connectivity index (χ2n) is 35.9. The number of nitrogens with one attached hydrogen (secondary N) is 3. The molecule has 7 N–H and O–H groups in total. The summed E-state index contributed by atoms with van der Waals surface area (Å²) in [5.41, 5.74) is 13.1. The smallest absolute Gasteiger partial charge is 1.00 e. The van der Waals surface area contributed by atoms with Crippen LogP contribution in [0.5, 0.6) is 23.0 Å². The number of ether oxygens (including phenoxy) is 3. The van der Waals surface area contributed by atoms with Gasteiger partial charge in [0.25, 0.3) is 0 Å². The van der Waals surface area contributed by atoms with Gasteiger partial charge in [0.2, 0.25) is 35.4 Å². The van der Waals surface area contributed by atoms with Gasteiger partial charge in [-0.05, 0) is 189 Å². The molecule has 0 saturated carbocycles. The van der Waals surface area contributed by atoms with E-state index in [4.69, 9.17) is 43.1 Å². The Morgan fingerprint density at radius 1 is 0.496 bits per heavy atom. The molecule has 2 aliphatic rings. The summed E-state index contributed by atoms with van der Waals surface area (Å²) in [6.07, 6.45) is 0.996. The zero-order valence-electron chi connectivity index (χ0n) is 81.5. The van der Waals surface area contributed by atoms with E-state index < -0.39 is 112 Å². The second kappa shape index (κ2) is 52.3. The number of thiol groups is 1. The molecule has 0 saturated heterocycles. The van der Waals surface area contributed by atoms with Crippen LogP contribution < -0.4 is 60.7 Å². The summed E-state index contributed by atoms with van der Waals surface area (Å²) in [4.78, 5) is 186. The topological polar surface area (TPSA) is 365 Å². The fourth-order valence-electron chi connectivity index (χ4n) is 16.5. The Morgan fingerprint density at radius 2 is 0.844 bits per heavy atom. The number of carbonyl (C=O) groups excluding carboxylic acids is 13. The molecule has 0 aromatic heterocycles. The quantitative estimate of drug-likeness (QED) is 0.00918. The van der Waals surface area contributed by atoms with Gasteiger partial charge in [0.15, 0.2) is 34.7 Å². The molecule has 0 fully saturated rings.